The Bertz CT molecular complexity index is 650. The molecule has 0 N–H and O–H groups in total. The maximum absolute atomic E-state index is 12.6. The van der Waals surface area contributed by atoms with Gasteiger partial charge >= 0.3 is 0 Å². The van der Waals surface area contributed by atoms with E-state index in [2.05, 4.69) is 34.6 Å². The van der Waals surface area contributed by atoms with Crippen molar-refractivity contribution in [1.82, 2.24) is 0 Å². The van der Waals surface area contributed by atoms with Crippen molar-refractivity contribution < 1.29 is 9.59 Å². The van der Waals surface area contributed by atoms with E-state index in [1.807, 2.05) is 6.92 Å². The van der Waals surface area contributed by atoms with Crippen LogP contribution in [0.2, 0.25) is 0 Å². The second-order valence-corrected chi connectivity index (χ2v) is 11.1. The zero-order chi connectivity index (χ0) is 23.6. The molecule has 1 aliphatic rings. The van der Waals surface area contributed by atoms with Gasteiger partial charge in [-0.2, -0.15) is 0 Å². The predicted octanol–water partition coefficient (Wildman–Crippen LogP) is 8.65. The maximum atomic E-state index is 12.6. The molecule has 0 aliphatic heterocycles. The summed E-state index contributed by atoms with van der Waals surface area (Å²) in [5.41, 5.74) is 2.70. The second kappa shape index (κ2) is 14.1. The Morgan fingerprint density at radius 1 is 0.516 bits per heavy atom. The fourth-order valence-electron chi connectivity index (χ4n) is 4.78. The summed E-state index contributed by atoms with van der Waals surface area (Å²) < 4.78 is 0. The van der Waals surface area contributed by atoms with Crippen LogP contribution in [0.1, 0.15) is 126 Å². The standard InChI is InChI=1S/C29H50O2/c1-20(2)12-9-13-21(3)14-10-15-22(4)16-11-17-23(5)18-19-27-26(8)28(30)24(6)25(7)29(27)31/h20-23H,9-19H2,1-8H3. The quantitative estimate of drug-likeness (QED) is 0.244. The van der Waals surface area contributed by atoms with Crippen LogP contribution in [0.4, 0.5) is 0 Å². The van der Waals surface area contributed by atoms with Gasteiger partial charge < -0.3 is 0 Å². The molecule has 0 aromatic rings. The molecule has 0 radical (unpaired) electrons. The minimum absolute atomic E-state index is 0.0582. The predicted molar refractivity (Wildman–Crippen MR) is 134 cm³/mol. The number of hydrogen-bond donors (Lipinski definition) is 0. The van der Waals surface area contributed by atoms with Crippen LogP contribution in [-0.2, 0) is 9.59 Å². The molecule has 0 heterocycles. The summed E-state index contributed by atoms with van der Waals surface area (Å²) in [7, 11) is 0. The smallest absolute Gasteiger partial charge is 0.185 e. The molecule has 3 unspecified atom stereocenters. The van der Waals surface area contributed by atoms with Crippen molar-refractivity contribution in [2.75, 3.05) is 0 Å². The van der Waals surface area contributed by atoms with E-state index in [0.717, 1.165) is 36.2 Å². The minimum atomic E-state index is 0.0582. The number of carbonyl (C=O) groups excluding carboxylic acids is 2. The molecule has 178 valence electrons. The third-order valence-electron chi connectivity index (χ3n) is 7.46. The molecule has 0 saturated carbocycles. The van der Waals surface area contributed by atoms with E-state index < -0.39 is 0 Å². The van der Waals surface area contributed by atoms with E-state index in [9.17, 15) is 9.59 Å². The van der Waals surface area contributed by atoms with Crippen molar-refractivity contribution >= 4 is 11.6 Å². The highest BCUT2D eigenvalue weighted by molar-refractivity contribution is 6.24. The minimum Gasteiger partial charge on any atom is -0.289 e. The third kappa shape index (κ3) is 9.87. The number of rotatable bonds is 15. The van der Waals surface area contributed by atoms with Crippen LogP contribution in [0.5, 0.6) is 0 Å². The van der Waals surface area contributed by atoms with Crippen LogP contribution < -0.4 is 0 Å². The summed E-state index contributed by atoms with van der Waals surface area (Å²) in [5, 5.41) is 0. The lowest BCUT2D eigenvalue weighted by Gasteiger charge is -2.20. The first-order chi connectivity index (χ1) is 14.5. The summed E-state index contributed by atoms with van der Waals surface area (Å²) in [4.78, 5) is 24.9. The number of allylic oxidation sites excluding steroid dienone is 4. The molecule has 3 atom stereocenters. The van der Waals surface area contributed by atoms with Gasteiger partial charge in [-0.3, -0.25) is 9.59 Å². The fourth-order valence-corrected chi connectivity index (χ4v) is 4.78. The third-order valence-corrected chi connectivity index (χ3v) is 7.46. The molecule has 0 fully saturated rings. The first-order valence-electron chi connectivity index (χ1n) is 13.0. The van der Waals surface area contributed by atoms with Crippen molar-refractivity contribution in [1.29, 1.82) is 0 Å². The highest BCUT2D eigenvalue weighted by atomic mass is 16.1. The van der Waals surface area contributed by atoms with Crippen LogP contribution >= 0.6 is 0 Å². The molecule has 0 spiro atoms. The van der Waals surface area contributed by atoms with Crippen molar-refractivity contribution in [3.63, 3.8) is 0 Å². The number of ketones is 2. The van der Waals surface area contributed by atoms with Gasteiger partial charge in [0.05, 0.1) is 0 Å². The van der Waals surface area contributed by atoms with E-state index in [1.54, 1.807) is 13.8 Å². The van der Waals surface area contributed by atoms with Gasteiger partial charge in [-0.25, -0.2) is 0 Å². The Balaban J connectivity index is 2.22. The van der Waals surface area contributed by atoms with Gasteiger partial charge in [0, 0.05) is 22.3 Å². The molecule has 1 aliphatic carbocycles. The number of Topliss-reactive ketones (excluding diaryl/α,β-unsaturated/α-hetero) is 2. The summed E-state index contributed by atoms with van der Waals surface area (Å²) >= 11 is 0. The SMILES string of the molecule is CC1=C(C)C(=O)C(CCC(C)CCCC(C)CCCC(C)CCCC(C)C)=C(C)C1=O. The summed E-state index contributed by atoms with van der Waals surface area (Å²) in [6.45, 7) is 17.2. The molecule has 1 rings (SSSR count). The highest BCUT2D eigenvalue weighted by Gasteiger charge is 2.27. The number of hydrogen-bond acceptors (Lipinski definition) is 2. The first kappa shape index (κ1) is 27.9. The summed E-state index contributed by atoms with van der Waals surface area (Å²) in [6.07, 6.45) is 13.8. The van der Waals surface area contributed by atoms with Crippen LogP contribution in [0.25, 0.3) is 0 Å². The molecule has 0 amide bonds. The van der Waals surface area contributed by atoms with Gasteiger partial charge in [0.2, 0.25) is 0 Å². The van der Waals surface area contributed by atoms with Gasteiger partial charge in [0.1, 0.15) is 0 Å². The molecule has 0 aromatic heterocycles. The van der Waals surface area contributed by atoms with Gasteiger partial charge in [0.15, 0.2) is 11.6 Å². The van der Waals surface area contributed by atoms with Crippen LogP contribution in [0, 0.1) is 23.7 Å². The van der Waals surface area contributed by atoms with Gasteiger partial charge in [-0.15, -0.1) is 0 Å². The molecule has 2 nitrogen and oxygen atoms in total. The lowest BCUT2D eigenvalue weighted by molar-refractivity contribution is -0.116. The van der Waals surface area contributed by atoms with Crippen molar-refractivity contribution in [3.05, 3.63) is 22.3 Å². The van der Waals surface area contributed by atoms with Crippen LogP contribution in [-0.4, -0.2) is 11.6 Å². The van der Waals surface area contributed by atoms with E-state index in [0.29, 0.717) is 22.6 Å². The van der Waals surface area contributed by atoms with E-state index >= 15 is 0 Å². The Morgan fingerprint density at radius 2 is 0.903 bits per heavy atom. The topological polar surface area (TPSA) is 34.1 Å². The molecule has 0 aromatic carbocycles. The summed E-state index contributed by atoms with van der Waals surface area (Å²) in [5.74, 6) is 3.28. The Labute approximate surface area is 193 Å². The van der Waals surface area contributed by atoms with Crippen molar-refractivity contribution in [2.24, 2.45) is 23.7 Å². The zero-order valence-corrected chi connectivity index (χ0v) is 21.9. The largest absolute Gasteiger partial charge is 0.289 e. The van der Waals surface area contributed by atoms with E-state index in [4.69, 9.17) is 0 Å². The maximum Gasteiger partial charge on any atom is 0.185 e. The molecule has 2 heteroatoms. The summed E-state index contributed by atoms with van der Waals surface area (Å²) in [6, 6.07) is 0. The normalized spacial score (nSPS) is 18.2. The van der Waals surface area contributed by atoms with E-state index in [1.165, 1.54) is 57.8 Å². The van der Waals surface area contributed by atoms with Crippen molar-refractivity contribution in [2.45, 2.75) is 126 Å². The lowest BCUT2D eigenvalue weighted by Crippen LogP contribution is -2.21. The monoisotopic (exact) mass is 430 g/mol. The average Bonchev–Trinajstić information content (AvgIpc) is 2.70. The zero-order valence-electron chi connectivity index (χ0n) is 21.9. The van der Waals surface area contributed by atoms with Gasteiger partial charge in [-0.1, -0.05) is 92.4 Å². The van der Waals surface area contributed by atoms with Gasteiger partial charge in [-0.05, 0) is 57.3 Å². The fraction of sp³-hybridized carbons (Fsp3) is 0.793. The average molecular weight is 431 g/mol. The number of carbonyl (C=O) groups is 2. The Morgan fingerprint density at radius 3 is 1.35 bits per heavy atom. The Kier molecular flexibility index (Phi) is 12.6. The van der Waals surface area contributed by atoms with Crippen LogP contribution in [0.15, 0.2) is 22.3 Å². The van der Waals surface area contributed by atoms with E-state index in [-0.39, 0.29) is 11.6 Å². The van der Waals surface area contributed by atoms with Crippen LogP contribution in [0.3, 0.4) is 0 Å². The van der Waals surface area contributed by atoms with Gasteiger partial charge in [0.25, 0.3) is 0 Å². The lowest BCUT2D eigenvalue weighted by atomic mass is 9.82. The molecule has 0 bridgehead atoms. The first-order valence-corrected chi connectivity index (χ1v) is 13.0. The molecule has 31 heavy (non-hydrogen) atoms. The highest BCUT2D eigenvalue weighted by Crippen LogP contribution is 2.29. The Hall–Kier alpha value is -1.18. The second-order valence-electron chi connectivity index (χ2n) is 11.1. The van der Waals surface area contributed by atoms with Crippen molar-refractivity contribution in [3.8, 4) is 0 Å². The molecular formula is C29H50O2. The molecule has 0 saturated heterocycles. The molecular weight excluding hydrogens is 380 g/mol.